The molecule has 1 rings (SSSR count). The summed E-state index contributed by atoms with van der Waals surface area (Å²) in [4.78, 5) is 4.10. The summed E-state index contributed by atoms with van der Waals surface area (Å²) < 4.78 is 5.47. The molecule has 0 aromatic carbocycles. The molecule has 0 bridgehead atoms. The van der Waals surface area contributed by atoms with Gasteiger partial charge in [-0.05, 0) is 19.4 Å². The first-order valence-corrected chi connectivity index (χ1v) is 5.38. The number of rotatable bonds is 7. The van der Waals surface area contributed by atoms with Crippen LogP contribution in [0.1, 0.15) is 19.8 Å². The van der Waals surface area contributed by atoms with E-state index in [-0.39, 0.29) is 0 Å². The zero-order valence-electron chi connectivity index (χ0n) is 9.20. The molecule has 0 aliphatic heterocycles. The van der Waals surface area contributed by atoms with E-state index in [0.29, 0.717) is 6.54 Å². The van der Waals surface area contributed by atoms with Gasteiger partial charge in [-0.1, -0.05) is 6.92 Å². The number of nitrogens with two attached hydrogens (primary N) is 1. The molecule has 4 heteroatoms. The maximum absolute atomic E-state index is 5.47. The van der Waals surface area contributed by atoms with Crippen molar-refractivity contribution in [1.29, 1.82) is 0 Å². The van der Waals surface area contributed by atoms with E-state index in [1.54, 1.807) is 12.4 Å². The van der Waals surface area contributed by atoms with Crippen LogP contribution in [0.15, 0.2) is 18.5 Å². The van der Waals surface area contributed by atoms with Crippen LogP contribution in [0.3, 0.4) is 0 Å². The van der Waals surface area contributed by atoms with Gasteiger partial charge in [0.05, 0.1) is 24.7 Å². The van der Waals surface area contributed by atoms with Gasteiger partial charge < -0.3 is 15.8 Å². The lowest BCUT2D eigenvalue weighted by atomic mass is 10.3. The van der Waals surface area contributed by atoms with E-state index in [4.69, 9.17) is 10.5 Å². The molecule has 1 aromatic heterocycles. The second-order valence-electron chi connectivity index (χ2n) is 3.33. The molecule has 15 heavy (non-hydrogen) atoms. The third-order valence-corrected chi connectivity index (χ3v) is 1.90. The predicted octanol–water partition coefficient (Wildman–Crippen LogP) is 1.63. The zero-order valence-corrected chi connectivity index (χ0v) is 9.20. The van der Waals surface area contributed by atoms with Crippen molar-refractivity contribution >= 4 is 5.69 Å². The Morgan fingerprint density at radius 2 is 2.33 bits per heavy atom. The number of pyridine rings is 1. The lowest BCUT2D eigenvalue weighted by Crippen LogP contribution is -2.08. The first-order valence-electron chi connectivity index (χ1n) is 5.38. The van der Waals surface area contributed by atoms with Gasteiger partial charge in [-0.15, -0.1) is 0 Å². The van der Waals surface area contributed by atoms with Crippen molar-refractivity contribution in [3.8, 4) is 5.75 Å². The Balaban J connectivity index is 2.42. The largest absolute Gasteiger partial charge is 0.492 e. The summed E-state index contributed by atoms with van der Waals surface area (Å²) in [5.41, 5.74) is 6.39. The van der Waals surface area contributed by atoms with Crippen LogP contribution < -0.4 is 15.8 Å². The second kappa shape index (κ2) is 7.06. The van der Waals surface area contributed by atoms with Crippen molar-refractivity contribution in [2.45, 2.75) is 19.8 Å². The minimum Gasteiger partial charge on any atom is -0.492 e. The number of anilines is 1. The van der Waals surface area contributed by atoms with E-state index in [1.807, 2.05) is 6.07 Å². The molecule has 3 N–H and O–H groups in total. The summed E-state index contributed by atoms with van der Waals surface area (Å²) in [6.07, 6.45) is 5.48. The van der Waals surface area contributed by atoms with Crippen LogP contribution in [-0.2, 0) is 0 Å². The average Bonchev–Trinajstić information content (AvgIpc) is 2.27. The van der Waals surface area contributed by atoms with Crippen LogP contribution in [0.5, 0.6) is 5.75 Å². The average molecular weight is 209 g/mol. The lowest BCUT2D eigenvalue weighted by Gasteiger charge is -2.08. The van der Waals surface area contributed by atoms with Gasteiger partial charge in [0, 0.05) is 12.6 Å². The standard InChI is InChI=1S/C11H19N3O/c1-2-6-15-11-7-10(8-13-9-11)14-5-3-4-12/h7-9,14H,2-6,12H2,1H3. The molecule has 4 nitrogen and oxygen atoms in total. The maximum Gasteiger partial charge on any atom is 0.139 e. The fourth-order valence-electron chi connectivity index (χ4n) is 1.15. The van der Waals surface area contributed by atoms with Gasteiger partial charge in [0.1, 0.15) is 5.75 Å². The number of nitrogens with one attached hydrogen (secondary N) is 1. The summed E-state index contributed by atoms with van der Waals surface area (Å²) in [5.74, 6) is 0.814. The maximum atomic E-state index is 5.47. The molecule has 1 aromatic rings. The lowest BCUT2D eigenvalue weighted by molar-refractivity contribution is 0.316. The van der Waals surface area contributed by atoms with Crippen molar-refractivity contribution in [3.63, 3.8) is 0 Å². The molecule has 0 amide bonds. The minimum absolute atomic E-state index is 0.701. The highest BCUT2D eigenvalue weighted by Crippen LogP contribution is 2.15. The molecule has 0 spiro atoms. The van der Waals surface area contributed by atoms with Gasteiger partial charge in [0.2, 0.25) is 0 Å². The van der Waals surface area contributed by atoms with E-state index in [0.717, 1.165) is 37.4 Å². The molecule has 0 saturated carbocycles. The summed E-state index contributed by atoms with van der Waals surface area (Å²) in [5, 5.41) is 3.24. The van der Waals surface area contributed by atoms with Crippen molar-refractivity contribution in [2.24, 2.45) is 5.73 Å². The number of nitrogens with zero attached hydrogens (tertiary/aromatic N) is 1. The molecule has 0 aliphatic rings. The Kier molecular flexibility index (Phi) is 5.55. The zero-order chi connectivity index (χ0) is 10.9. The Morgan fingerprint density at radius 1 is 1.47 bits per heavy atom. The second-order valence-corrected chi connectivity index (χ2v) is 3.33. The topological polar surface area (TPSA) is 60.2 Å². The van der Waals surface area contributed by atoms with Crippen LogP contribution >= 0.6 is 0 Å². The molecule has 0 fully saturated rings. The number of aromatic nitrogens is 1. The third kappa shape index (κ3) is 4.65. The van der Waals surface area contributed by atoms with E-state index < -0.39 is 0 Å². The van der Waals surface area contributed by atoms with Crippen molar-refractivity contribution in [1.82, 2.24) is 4.98 Å². The Hall–Kier alpha value is -1.29. The molecule has 84 valence electrons. The molecule has 0 unspecified atom stereocenters. The van der Waals surface area contributed by atoms with Crippen LogP contribution in [0, 0.1) is 0 Å². The first kappa shape index (κ1) is 11.8. The van der Waals surface area contributed by atoms with Crippen molar-refractivity contribution in [2.75, 3.05) is 25.0 Å². The first-order chi connectivity index (χ1) is 7.36. The summed E-state index contributed by atoms with van der Waals surface area (Å²) in [7, 11) is 0. The van der Waals surface area contributed by atoms with Crippen molar-refractivity contribution < 1.29 is 4.74 Å². The number of ether oxygens (including phenoxy) is 1. The fourth-order valence-corrected chi connectivity index (χ4v) is 1.15. The Morgan fingerprint density at radius 3 is 3.07 bits per heavy atom. The van der Waals surface area contributed by atoms with E-state index in [9.17, 15) is 0 Å². The van der Waals surface area contributed by atoms with Crippen molar-refractivity contribution in [3.05, 3.63) is 18.5 Å². The quantitative estimate of drug-likeness (QED) is 0.670. The van der Waals surface area contributed by atoms with Crippen LogP contribution in [-0.4, -0.2) is 24.7 Å². The monoisotopic (exact) mass is 209 g/mol. The molecule has 0 saturated heterocycles. The highest BCUT2D eigenvalue weighted by atomic mass is 16.5. The molecular formula is C11H19N3O. The van der Waals surface area contributed by atoms with Crippen LogP contribution in [0.25, 0.3) is 0 Å². The highest BCUT2D eigenvalue weighted by Gasteiger charge is 1.96. The summed E-state index contributed by atoms with van der Waals surface area (Å²) >= 11 is 0. The number of hydrogen-bond acceptors (Lipinski definition) is 4. The van der Waals surface area contributed by atoms with E-state index in [2.05, 4.69) is 17.2 Å². The number of hydrogen-bond donors (Lipinski definition) is 2. The molecular weight excluding hydrogens is 190 g/mol. The third-order valence-electron chi connectivity index (χ3n) is 1.90. The van der Waals surface area contributed by atoms with Crippen LogP contribution in [0.4, 0.5) is 5.69 Å². The summed E-state index contributed by atoms with van der Waals surface area (Å²) in [6.45, 7) is 4.38. The van der Waals surface area contributed by atoms with Gasteiger partial charge in [-0.2, -0.15) is 0 Å². The van der Waals surface area contributed by atoms with Gasteiger partial charge in [-0.3, -0.25) is 4.98 Å². The summed E-state index contributed by atoms with van der Waals surface area (Å²) in [6, 6.07) is 1.96. The fraction of sp³-hybridized carbons (Fsp3) is 0.545. The molecule has 0 aliphatic carbocycles. The predicted molar refractivity (Wildman–Crippen MR) is 62.2 cm³/mol. The SMILES string of the molecule is CCCOc1cncc(NCCCN)c1. The van der Waals surface area contributed by atoms with E-state index >= 15 is 0 Å². The molecule has 0 atom stereocenters. The molecule has 0 radical (unpaired) electrons. The highest BCUT2D eigenvalue weighted by molar-refractivity contribution is 5.44. The van der Waals surface area contributed by atoms with Crippen LogP contribution in [0.2, 0.25) is 0 Å². The molecule has 1 heterocycles. The van der Waals surface area contributed by atoms with Gasteiger partial charge in [-0.25, -0.2) is 0 Å². The van der Waals surface area contributed by atoms with E-state index in [1.165, 1.54) is 0 Å². The smallest absolute Gasteiger partial charge is 0.139 e. The normalized spacial score (nSPS) is 10.0. The minimum atomic E-state index is 0.701. The van der Waals surface area contributed by atoms with Gasteiger partial charge in [0.25, 0.3) is 0 Å². The Labute approximate surface area is 90.8 Å². The van der Waals surface area contributed by atoms with Gasteiger partial charge >= 0.3 is 0 Å². The Bertz CT molecular complexity index is 278. The van der Waals surface area contributed by atoms with Gasteiger partial charge in [0.15, 0.2) is 0 Å².